The van der Waals surface area contributed by atoms with E-state index in [2.05, 4.69) is 15.6 Å². The molecule has 2 aromatic carbocycles. The molecule has 2 aliphatic rings. The number of nitrogens with zero attached hydrogens (tertiary/aromatic N) is 3. The number of ether oxygens (including phenoxy) is 1. The third-order valence-electron chi connectivity index (χ3n) is 6.91. The summed E-state index contributed by atoms with van der Waals surface area (Å²) < 4.78 is 6.99. The Labute approximate surface area is 219 Å². The number of carbonyl (C=O) groups excluding carboxylic acids is 3. The first-order valence-electron chi connectivity index (χ1n) is 12.1. The molecule has 2 heterocycles. The monoisotopic (exact) mass is 521 g/mol. The lowest BCUT2D eigenvalue weighted by Crippen LogP contribution is -2.64. The Kier molecular flexibility index (Phi) is 6.64. The first kappa shape index (κ1) is 24.8. The molecule has 0 saturated heterocycles. The lowest BCUT2D eigenvalue weighted by molar-refractivity contribution is -0.133. The fraction of sp³-hybridized carbons (Fsp3) is 0.333. The van der Waals surface area contributed by atoms with Gasteiger partial charge in [-0.05, 0) is 37.5 Å². The van der Waals surface area contributed by atoms with E-state index in [4.69, 9.17) is 16.3 Å². The van der Waals surface area contributed by atoms with Crippen molar-refractivity contribution < 1.29 is 19.1 Å². The van der Waals surface area contributed by atoms with Crippen LogP contribution in [-0.4, -0.2) is 50.9 Å². The van der Waals surface area contributed by atoms with Gasteiger partial charge >= 0.3 is 0 Å². The van der Waals surface area contributed by atoms with Crippen LogP contribution in [0.15, 0.2) is 54.9 Å². The summed E-state index contributed by atoms with van der Waals surface area (Å²) in [6.45, 7) is 2.42. The average molecular weight is 522 g/mol. The molecule has 5 rings (SSSR count). The van der Waals surface area contributed by atoms with Gasteiger partial charge in [0.1, 0.15) is 17.0 Å². The van der Waals surface area contributed by atoms with Crippen molar-refractivity contribution in [1.82, 2.24) is 25.1 Å². The van der Waals surface area contributed by atoms with Crippen molar-refractivity contribution in [3.8, 4) is 5.75 Å². The number of hydrogen-bond acceptors (Lipinski definition) is 5. The molecular weight excluding hydrogens is 494 g/mol. The Morgan fingerprint density at radius 3 is 2.46 bits per heavy atom. The van der Waals surface area contributed by atoms with Crippen LogP contribution in [0.1, 0.15) is 51.9 Å². The molecule has 1 aromatic heterocycles. The van der Waals surface area contributed by atoms with E-state index in [0.717, 1.165) is 24.0 Å². The minimum atomic E-state index is -1.14. The number of methoxy groups -OCH3 is 1. The molecule has 192 valence electrons. The zero-order valence-electron chi connectivity index (χ0n) is 20.7. The second-order valence-corrected chi connectivity index (χ2v) is 9.93. The molecule has 3 aromatic rings. The van der Waals surface area contributed by atoms with E-state index in [1.807, 2.05) is 42.5 Å². The Hall–Kier alpha value is -3.85. The van der Waals surface area contributed by atoms with Crippen molar-refractivity contribution >= 4 is 29.3 Å². The number of fused-ring (bicyclic) bond motifs is 1. The van der Waals surface area contributed by atoms with Gasteiger partial charge in [0.2, 0.25) is 5.91 Å². The molecule has 0 bridgehead atoms. The number of nitrogens with one attached hydrogen (secondary N) is 2. The van der Waals surface area contributed by atoms with Crippen molar-refractivity contribution in [2.45, 2.75) is 51.0 Å². The standard InChI is InChI=1S/C27H28ClN5O4/c1-27(26(36)30-14-18-8-4-6-10-21(18)37-2)15-32-16-31-22(23(32)25(35)33(27)19-11-12-19)24(34)29-13-17-7-3-5-9-20(17)28/h3-10,16,19H,11-15H2,1-2H3,(H,29,34)(H,30,36). The maximum absolute atomic E-state index is 13.8. The van der Waals surface area contributed by atoms with Gasteiger partial charge in [0.25, 0.3) is 11.8 Å². The third kappa shape index (κ3) is 4.67. The van der Waals surface area contributed by atoms with Crippen LogP contribution in [0.3, 0.4) is 0 Å². The second kappa shape index (κ2) is 9.89. The summed E-state index contributed by atoms with van der Waals surface area (Å²) in [5, 5.41) is 6.33. The molecule has 1 aliphatic heterocycles. The second-order valence-electron chi connectivity index (χ2n) is 9.52. The highest BCUT2D eigenvalue weighted by atomic mass is 35.5. The van der Waals surface area contributed by atoms with Gasteiger partial charge < -0.3 is 24.8 Å². The summed E-state index contributed by atoms with van der Waals surface area (Å²) in [5.41, 5.74) is 0.690. The van der Waals surface area contributed by atoms with Crippen LogP contribution >= 0.6 is 11.6 Å². The van der Waals surface area contributed by atoms with Crippen LogP contribution < -0.4 is 15.4 Å². The molecule has 0 radical (unpaired) electrons. The Morgan fingerprint density at radius 2 is 1.76 bits per heavy atom. The predicted octanol–water partition coefficient (Wildman–Crippen LogP) is 3.17. The number of carbonyl (C=O) groups is 3. The lowest BCUT2D eigenvalue weighted by atomic mass is 9.93. The van der Waals surface area contributed by atoms with E-state index >= 15 is 0 Å². The van der Waals surface area contributed by atoms with Crippen molar-refractivity contribution in [2.75, 3.05) is 7.11 Å². The summed E-state index contributed by atoms with van der Waals surface area (Å²) in [4.78, 5) is 46.2. The van der Waals surface area contributed by atoms with Gasteiger partial charge in [-0.15, -0.1) is 0 Å². The summed E-state index contributed by atoms with van der Waals surface area (Å²) in [5.74, 6) is -0.440. The maximum atomic E-state index is 13.8. The smallest absolute Gasteiger partial charge is 0.274 e. The van der Waals surface area contributed by atoms with Crippen LogP contribution in [0.4, 0.5) is 0 Å². The highest BCUT2D eigenvalue weighted by Gasteiger charge is 2.53. The van der Waals surface area contributed by atoms with Gasteiger partial charge in [0.05, 0.1) is 20.0 Å². The summed E-state index contributed by atoms with van der Waals surface area (Å²) >= 11 is 6.20. The number of amides is 3. The van der Waals surface area contributed by atoms with E-state index in [9.17, 15) is 14.4 Å². The molecule has 1 unspecified atom stereocenters. The summed E-state index contributed by atoms with van der Waals surface area (Å²) in [6, 6.07) is 14.6. The number of hydrogen-bond donors (Lipinski definition) is 2. The number of benzene rings is 2. The molecule has 1 aliphatic carbocycles. The van der Waals surface area contributed by atoms with Crippen molar-refractivity contribution in [3.63, 3.8) is 0 Å². The molecule has 1 saturated carbocycles. The third-order valence-corrected chi connectivity index (χ3v) is 7.28. The van der Waals surface area contributed by atoms with Gasteiger partial charge in [-0.2, -0.15) is 0 Å². The SMILES string of the molecule is COc1ccccc1CNC(=O)C1(C)Cn2cnc(C(=O)NCc3ccccc3Cl)c2C(=O)N1C1CC1. The van der Waals surface area contributed by atoms with Gasteiger partial charge in [0, 0.05) is 29.7 Å². The molecule has 0 spiro atoms. The largest absolute Gasteiger partial charge is 0.496 e. The number of para-hydroxylation sites is 1. The molecule has 9 nitrogen and oxygen atoms in total. The molecule has 1 fully saturated rings. The minimum absolute atomic E-state index is 0.0409. The molecule has 1 atom stereocenters. The van der Waals surface area contributed by atoms with Gasteiger partial charge in [-0.1, -0.05) is 48.0 Å². The molecular formula is C27H28ClN5O4. The van der Waals surface area contributed by atoms with Gasteiger partial charge in [0.15, 0.2) is 5.69 Å². The van der Waals surface area contributed by atoms with E-state index < -0.39 is 11.4 Å². The number of aromatic nitrogens is 2. The Balaban J connectivity index is 1.37. The zero-order chi connectivity index (χ0) is 26.2. The van der Waals surface area contributed by atoms with Crippen molar-refractivity contribution in [3.05, 3.63) is 82.4 Å². The number of imidazole rings is 1. The molecule has 3 amide bonds. The molecule has 2 N–H and O–H groups in total. The Bertz CT molecular complexity index is 1370. The minimum Gasteiger partial charge on any atom is -0.496 e. The first-order chi connectivity index (χ1) is 17.8. The van der Waals surface area contributed by atoms with Crippen molar-refractivity contribution in [2.24, 2.45) is 0 Å². The number of rotatable bonds is 8. The van der Waals surface area contributed by atoms with Crippen LogP contribution in [0.2, 0.25) is 5.02 Å². The van der Waals surface area contributed by atoms with Gasteiger partial charge in [-0.3, -0.25) is 14.4 Å². The van der Waals surface area contributed by atoms with Crippen LogP contribution in [0.25, 0.3) is 0 Å². The summed E-state index contributed by atoms with van der Waals surface area (Å²) in [7, 11) is 1.58. The van der Waals surface area contributed by atoms with Crippen LogP contribution in [0.5, 0.6) is 5.75 Å². The number of halogens is 1. The van der Waals surface area contributed by atoms with Gasteiger partial charge in [-0.25, -0.2) is 4.98 Å². The lowest BCUT2D eigenvalue weighted by Gasteiger charge is -2.44. The highest BCUT2D eigenvalue weighted by molar-refractivity contribution is 6.31. The van der Waals surface area contributed by atoms with E-state index in [-0.39, 0.29) is 48.9 Å². The van der Waals surface area contributed by atoms with E-state index in [1.165, 1.54) is 6.33 Å². The predicted molar refractivity (Wildman–Crippen MR) is 137 cm³/mol. The zero-order valence-corrected chi connectivity index (χ0v) is 21.4. The average Bonchev–Trinajstić information content (AvgIpc) is 3.64. The van der Waals surface area contributed by atoms with E-state index in [1.54, 1.807) is 29.6 Å². The quantitative estimate of drug-likeness (QED) is 0.473. The summed E-state index contributed by atoms with van der Waals surface area (Å²) in [6.07, 6.45) is 3.07. The fourth-order valence-electron chi connectivity index (χ4n) is 4.84. The molecule has 37 heavy (non-hydrogen) atoms. The van der Waals surface area contributed by atoms with E-state index in [0.29, 0.717) is 10.8 Å². The van der Waals surface area contributed by atoms with Crippen molar-refractivity contribution in [1.29, 1.82) is 0 Å². The highest BCUT2D eigenvalue weighted by Crippen LogP contribution is 2.39. The van der Waals surface area contributed by atoms with Crippen LogP contribution in [-0.2, 0) is 24.4 Å². The maximum Gasteiger partial charge on any atom is 0.274 e. The topological polar surface area (TPSA) is 106 Å². The normalized spacial score (nSPS) is 18.8. The first-order valence-corrected chi connectivity index (χ1v) is 12.5. The Morgan fingerprint density at radius 1 is 1.08 bits per heavy atom. The molecule has 10 heteroatoms. The van der Waals surface area contributed by atoms with Crippen LogP contribution in [0, 0.1) is 0 Å². The fourth-order valence-corrected chi connectivity index (χ4v) is 5.04.